The van der Waals surface area contributed by atoms with Crippen molar-refractivity contribution in [2.45, 2.75) is 6.92 Å². The van der Waals surface area contributed by atoms with Gasteiger partial charge in [0.05, 0.1) is 11.3 Å². The van der Waals surface area contributed by atoms with Crippen LogP contribution >= 0.6 is 0 Å². The zero-order chi connectivity index (χ0) is 16.4. The molecular weight excluding hydrogens is 294 g/mol. The lowest BCUT2D eigenvalue weighted by molar-refractivity contribution is 0.0696. The van der Waals surface area contributed by atoms with Gasteiger partial charge in [-0.05, 0) is 24.3 Å². The van der Waals surface area contributed by atoms with E-state index in [-0.39, 0.29) is 17.0 Å². The number of carbonyl (C=O) groups is 2. The number of hydrogen-bond acceptors (Lipinski definition) is 4. The molecule has 3 rings (SSSR count). The molecule has 0 aliphatic heterocycles. The maximum Gasteiger partial charge on any atom is 0.335 e. The molecule has 6 heteroatoms. The molecule has 0 aliphatic rings. The van der Waals surface area contributed by atoms with Crippen LogP contribution < -0.4 is 0 Å². The molecule has 0 unspecified atom stereocenters. The van der Waals surface area contributed by atoms with Crippen molar-refractivity contribution in [3.63, 3.8) is 0 Å². The number of aromatic nitrogens is 3. The summed E-state index contributed by atoms with van der Waals surface area (Å²) in [7, 11) is 0. The Morgan fingerprint density at radius 2 is 1.65 bits per heavy atom. The van der Waals surface area contributed by atoms with E-state index in [0.29, 0.717) is 11.4 Å². The second kappa shape index (κ2) is 5.84. The van der Waals surface area contributed by atoms with E-state index in [2.05, 4.69) is 10.3 Å². The average molecular weight is 307 g/mol. The lowest BCUT2D eigenvalue weighted by Gasteiger charge is -2.08. The molecule has 1 heterocycles. The Balaban J connectivity index is 2.16. The van der Waals surface area contributed by atoms with E-state index >= 15 is 0 Å². The van der Waals surface area contributed by atoms with Crippen LogP contribution in [0.4, 0.5) is 0 Å². The molecule has 1 aromatic heterocycles. The first kappa shape index (κ1) is 14.6. The quantitative estimate of drug-likeness (QED) is 0.749. The SMILES string of the molecule is CC(=O)c1nnn(-c2ccc(C(=O)O)cc2)c1-c1ccccc1. The van der Waals surface area contributed by atoms with Crippen LogP contribution in [0, 0.1) is 0 Å². The molecule has 0 fully saturated rings. The first-order valence-corrected chi connectivity index (χ1v) is 6.93. The zero-order valence-corrected chi connectivity index (χ0v) is 12.3. The van der Waals surface area contributed by atoms with Crippen molar-refractivity contribution >= 4 is 11.8 Å². The third-order valence-electron chi connectivity index (χ3n) is 3.41. The fourth-order valence-corrected chi connectivity index (χ4v) is 2.30. The summed E-state index contributed by atoms with van der Waals surface area (Å²) in [5, 5.41) is 17.0. The molecule has 0 saturated carbocycles. The van der Waals surface area contributed by atoms with Gasteiger partial charge in [-0.15, -0.1) is 5.10 Å². The highest BCUT2D eigenvalue weighted by Gasteiger charge is 2.19. The van der Waals surface area contributed by atoms with Gasteiger partial charge in [0.25, 0.3) is 0 Å². The van der Waals surface area contributed by atoms with Crippen molar-refractivity contribution in [1.29, 1.82) is 0 Å². The van der Waals surface area contributed by atoms with Gasteiger partial charge < -0.3 is 5.11 Å². The van der Waals surface area contributed by atoms with Crippen molar-refractivity contribution < 1.29 is 14.7 Å². The number of carbonyl (C=O) groups excluding carboxylic acids is 1. The van der Waals surface area contributed by atoms with Gasteiger partial charge in [-0.25, -0.2) is 9.48 Å². The van der Waals surface area contributed by atoms with Crippen LogP contribution in [-0.4, -0.2) is 31.9 Å². The Bertz CT molecular complexity index is 868. The number of aromatic carboxylic acids is 1. The number of carboxylic acids is 1. The smallest absolute Gasteiger partial charge is 0.335 e. The molecule has 0 spiro atoms. The lowest BCUT2D eigenvalue weighted by Crippen LogP contribution is -2.03. The summed E-state index contributed by atoms with van der Waals surface area (Å²) in [4.78, 5) is 22.8. The Hall–Kier alpha value is -3.28. The summed E-state index contributed by atoms with van der Waals surface area (Å²) in [6, 6.07) is 15.6. The number of nitrogens with zero attached hydrogens (tertiary/aromatic N) is 3. The van der Waals surface area contributed by atoms with Gasteiger partial charge in [0, 0.05) is 12.5 Å². The molecule has 0 saturated heterocycles. The largest absolute Gasteiger partial charge is 0.478 e. The van der Waals surface area contributed by atoms with Crippen LogP contribution in [0.2, 0.25) is 0 Å². The monoisotopic (exact) mass is 307 g/mol. The van der Waals surface area contributed by atoms with Gasteiger partial charge in [-0.1, -0.05) is 35.5 Å². The van der Waals surface area contributed by atoms with E-state index in [4.69, 9.17) is 5.11 Å². The second-order valence-electron chi connectivity index (χ2n) is 4.97. The zero-order valence-electron chi connectivity index (χ0n) is 12.3. The molecule has 0 radical (unpaired) electrons. The fourth-order valence-electron chi connectivity index (χ4n) is 2.30. The predicted octanol–water partition coefficient (Wildman–Crippen LogP) is 2.84. The van der Waals surface area contributed by atoms with Crippen LogP contribution in [0.1, 0.15) is 27.8 Å². The molecule has 3 aromatic rings. The van der Waals surface area contributed by atoms with Crippen molar-refractivity contribution in [3.8, 4) is 16.9 Å². The van der Waals surface area contributed by atoms with Gasteiger partial charge in [0.15, 0.2) is 11.5 Å². The molecule has 0 aliphatic carbocycles. The number of rotatable bonds is 4. The molecular formula is C17H13N3O3. The van der Waals surface area contributed by atoms with E-state index in [0.717, 1.165) is 5.56 Å². The number of hydrogen-bond donors (Lipinski definition) is 1. The van der Waals surface area contributed by atoms with Crippen LogP contribution in [0.15, 0.2) is 54.6 Å². The number of ketones is 1. The number of Topliss-reactive ketones (excluding diaryl/α,β-unsaturated/α-hetero) is 1. The maximum atomic E-state index is 11.8. The summed E-state index contributed by atoms with van der Waals surface area (Å²) >= 11 is 0. The molecule has 0 bridgehead atoms. The van der Waals surface area contributed by atoms with Crippen molar-refractivity contribution in [2.24, 2.45) is 0 Å². The topological polar surface area (TPSA) is 85.1 Å². The van der Waals surface area contributed by atoms with Crippen molar-refractivity contribution in [2.75, 3.05) is 0 Å². The Kier molecular flexibility index (Phi) is 3.72. The van der Waals surface area contributed by atoms with Crippen LogP contribution in [0.25, 0.3) is 16.9 Å². The minimum absolute atomic E-state index is 0.182. The van der Waals surface area contributed by atoms with Crippen molar-refractivity contribution in [1.82, 2.24) is 15.0 Å². The maximum absolute atomic E-state index is 11.8. The molecule has 0 atom stereocenters. The Morgan fingerprint density at radius 1 is 1.00 bits per heavy atom. The van der Waals surface area contributed by atoms with Crippen LogP contribution in [-0.2, 0) is 0 Å². The van der Waals surface area contributed by atoms with Crippen LogP contribution in [0.5, 0.6) is 0 Å². The van der Waals surface area contributed by atoms with Gasteiger partial charge >= 0.3 is 5.97 Å². The molecule has 6 nitrogen and oxygen atoms in total. The van der Waals surface area contributed by atoms with Gasteiger partial charge in [-0.2, -0.15) is 0 Å². The fraction of sp³-hybridized carbons (Fsp3) is 0.0588. The molecule has 0 amide bonds. The highest BCUT2D eigenvalue weighted by molar-refractivity contribution is 5.98. The highest BCUT2D eigenvalue weighted by Crippen LogP contribution is 2.25. The first-order valence-electron chi connectivity index (χ1n) is 6.93. The Labute approximate surface area is 132 Å². The lowest BCUT2D eigenvalue weighted by atomic mass is 10.1. The van der Waals surface area contributed by atoms with E-state index in [9.17, 15) is 9.59 Å². The number of benzene rings is 2. The third kappa shape index (κ3) is 2.74. The minimum atomic E-state index is -0.997. The average Bonchev–Trinajstić information content (AvgIpc) is 3.01. The summed E-state index contributed by atoms with van der Waals surface area (Å²) in [5.74, 6) is -1.18. The van der Waals surface area contributed by atoms with E-state index in [1.165, 1.54) is 23.7 Å². The molecule has 23 heavy (non-hydrogen) atoms. The number of carboxylic acid groups (broad SMARTS) is 1. The summed E-state index contributed by atoms with van der Waals surface area (Å²) in [6.45, 7) is 1.44. The van der Waals surface area contributed by atoms with Gasteiger partial charge in [0.1, 0.15) is 5.69 Å². The van der Waals surface area contributed by atoms with E-state index < -0.39 is 5.97 Å². The summed E-state index contributed by atoms with van der Waals surface area (Å²) in [6.07, 6.45) is 0. The van der Waals surface area contributed by atoms with E-state index in [1.54, 1.807) is 12.1 Å². The summed E-state index contributed by atoms with van der Waals surface area (Å²) in [5.41, 5.74) is 2.49. The molecule has 1 N–H and O–H groups in total. The van der Waals surface area contributed by atoms with Gasteiger partial charge in [0.2, 0.25) is 0 Å². The highest BCUT2D eigenvalue weighted by atomic mass is 16.4. The first-order chi connectivity index (χ1) is 11.1. The van der Waals surface area contributed by atoms with Crippen molar-refractivity contribution in [3.05, 3.63) is 65.9 Å². The molecule has 114 valence electrons. The van der Waals surface area contributed by atoms with E-state index in [1.807, 2.05) is 30.3 Å². The normalized spacial score (nSPS) is 10.5. The Morgan fingerprint density at radius 3 is 2.22 bits per heavy atom. The second-order valence-corrected chi connectivity index (χ2v) is 4.97. The minimum Gasteiger partial charge on any atom is -0.478 e. The predicted molar refractivity (Wildman–Crippen MR) is 83.8 cm³/mol. The van der Waals surface area contributed by atoms with Crippen LogP contribution in [0.3, 0.4) is 0 Å². The molecule has 2 aromatic carbocycles. The third-order valence-corrected chi connectivity index (χ3v) is 3.41. The summed E-state index contributed by atoms with van der Waals surface area (Å²) < 4.78 is 1.54. The standard InChI is InChI=1S/C17H13N3O3/c1-11(21)15-16(12-5-3-2-4-6-12)20(19-18-15)14-9-7-13(8-10-14)17(22)23/h2-10H,1H3,(H,22,23). The van der Waals surface area contributed by atoms with Gasteiger partial charge in [-0.3, -0.25) is 4.79 Å².